The molecule has 6 aromatic carbocycles. The van der Waals surface area contributed by atoms with Crippen LogP contribution in [-0.2, 0) is 0 Å². The maximum Gasteiger partial charge on any atom is 0.149 e. The van der Waals surface area contributed by atoms with Crippen LogP contribution >= 0.6 is 11.6 Å². The molecule has 0 atom stereocenters. The molecule has 0 bridgehead atoms. The Morgan fingerprint density at radius 2 is 1.30 bits per heavy atom. The molecular weight excluding hydrogens is 528 g/mol. The average Bonchev–Trinajstić information content (AvgIpc) is 2.91. The lowest BCUT2D eigenvalue weighted by Gasteiger charge is -2.18. The predicted octanol–water partition coefficient (Wildman–Crippen LogP) is 6.24. The standard InChI is InChI=1S/C30H25ClN6O3/c31-16-4-7-24(39)28-20(35)10-14(29(36)27(16)28)12-8-15-18(33)11-22(30(40)25(15)19(34)9-12)37-21-6-5-17(32)13-2-1-3-23(38)26(13)21/h1-11,37-40H,32-36H2. The minimum Gasteiger partial charge on any atom is -0.507 e. The number of anilines is 7. The van der Waals surface area contributed by atoms with E-state index in [2.05, 4.69) is 5.32 Å². The second-order valence-corrected chi connectivity index (χ2v) is 10.0. The number of nitrogen functional groups attached to an aromatic ring is 5. The highest BCUT2D eigenvalue weighted by atomic mass is 35.5. The molecular formula is C30H25ClN6O3. The Hall–Kier alpha value is -5.41. The summed E-state index contributed by atoms with van der Waals surface area (Å²) in [7, 11) is 0. The van der Waals surface area contributed by atoms with Crippen LogP contribution in [0.3, 0.4) is 0 Å². The lowest BCUT2D eigenvalue weighted by Crippen LogP contribution is -2.00. The van der Waals surface area contributed by atoms with Crippen molar-refractivity contribution in [3.63, 3.8) is 0 Å². The van der Waals surface area contributed by atoms with Crippen LogP contribution < -0.4 is 34.0 Å². The molecule has 200 valence electrons. The zero-order valence-corrected chi connectivity index (χ0v) is 21.7. The summed E-state index contributed by atoms with van der Waals surface area (Å²) in [6, 6.07) is 18.1. The third-order valence-corrected chi connectivity index (χ3v) is 7.50. The van der Waals surface area contributed by atoms with Crippen LogP contribution in [0.15, 0.2) is 66.7 Å². The number of rotatable bonds is 3. The number of benzene rings is 6. The van der Waals surface area contributed by atoms with Gasteiger partial charge in [0.05, 0.1) is 27.2 Å². The summed E-state index contributed by atoms with van der Waals surface area (Å²) in [5.41, 5.74) is 35.5. The van der Waals surface area contributed by atoms with Crippen LogP contribution in [-0.4, -0.2) is 15.3 Å². The highest BCUT2D eigenvalue weighted by Gasteiger charge is 2.20. The third kappa shape index (κ3) is 3.63. The Kier molecular flexibility index (Phi) is 5.49. The predicted molar refractivity (Wildman–Crippen MR) is 166 cm³/mol. The first kappa shape index (κ1) is 24.9. The summed E-state index contributed by atoms with van der Waals surface area (Å²) in [4.78, 5) is 0. The van der Waals surface area contributed by atoms with Gasteiger partial charge in [-0.3, -0.25) is 0 Å². The van der Waals surface area contributed by atoms with Crippen molar-refractivity contribution in [2.75, 3.05) is 34.0 Å². The lowest BCUT2D eigenvalue weighted by molar-refractivity contribution is 0.481. The maximum atomic E-state index is 11.3. The second-order valence-electron chi connectivity index (χ2n) is 9.62. The van der Waals surface area contributed by atoms with Gasteiger partial charge in [-0.15, -0.1) is 0 Å². The molecule has 0 amide bonds. The highest BCUT2D eigenvalue weighted by molar-refractivity contribution is 6.38. The summed E-state index contributed by atoms with van der Waals surface area (Å²) in [6.07, 6.45) is 0. The fourth-order valence-corrected chi connectivity index (χ4v) is 5.56. The number of phenolic OH excluding ortho intramolecular Hbond substituents is 3. The molecule has 10 heteroatoms. The van der Waals surface area contributed by atoms with Gasteiger partial charge < -0.3 is 49.3 Å². The first-order valence-electron chi connectivity index (χ1n) is 12.2. The number of hydrogen-bond donors (Lipinski definition) is 9. The number of halogens is 1. The van der Waals surface area contributed by atoms with Gasteiger partial charge in [-0.25, -0.2) is 0 Å². The quantitative estimate of drug-likeness (QED) is 0.0691. The molecule has 0 fully saturated rings. The van der Waals surface area contributed by atoms with Crippen molar-refractivity contribution in [3.8, 4) is 28.4 Å². The van der Waals surface area contributed by atoms with Gasteiger partial charge in [-0.05, 0) is 60.2 Å². The second kappa shape index (κ2) is 8.82. The number of hydrogen-bond acceptors (Lipinski definition) is 9. The van der Waals surface area contributed by atoms with Crippen molar-refractivity contribution in [2.45, 2.75) is 0 Å². The van der Waals surface area contributed by atoms with E-state index in [1.165, 1.54) is 6.07 Å². The molecule has 0 saturated heterocycles. The molecule has 9 nitrogen and oxygen atoms in total. The fourth-order valence-electron chi connectivity index (χ4n) is 5.30. The molecule has 0 unspecified atom stereocenters. The molecule has 0 spiro atoms. The third-order valence-electron chi connectivity index (χ3n) is 7.18. The topological polar surface area (TPSA) is 203 Å². The van der Waals surface area contributed by atoms with Gasteiger partial charge in [-0.1, -0.05) is 23.7 Å². The fraction of sp³-hybridized carbons (Fsp3) is 0. The van der Waals surface area contributed by atoms with Crippen LogP contribution in [0.25, 0.3) is 43.4 Å². The molecule has 40 heavy (non-hydrogen) atoms. The highest BCUT2D eigenvalue weighted by Crippen LogP contribution is 2.48. The molecule has 0 saturated carbocycles. The number of aromatic hydroxyl groups is 3. The number of fused-ring (bicyclic) bond motifs is 3. The van der Waals surface area contributed by atoms with Crippen LogP contribution in [0.2, 0.25) is 5.02 Å². The number of nitrogens with one attached hydrogen (secondary N) is 1. The first-order valence-corrected chi connectivity index (χ1v) is 12.6. The Labute approximate surface area is 233 Å². The first-order chi connectivity index (χ1) is 19.1. The van der Waals surface area contributed by atoms with Gasteiger partial charge in [0.15, 0.2) is 0 Å². The van der Waals surface area contributed by atoms with Crippen molar-refractivity contribution < 1.29 is 15.3 Å². The minimum atomic E-state index is -0.132. The molecule has 0 aliphatic carbocycles. The number of phenols is 3. The summed E-state index contributed by atoms with van der Waals surface area (Å²) >= 11 is 6.42. The largest absolute Gasteiger partial charge is 0.507 e. The number of nitrogens with two attached hydrogens (primary N) is 5. The van der Waals surface area contributed by atoms with E-state index in [1.807, 2.05) is 0 Å². The van der Waals surface area contributed by atoms with Gasteiger partial charge in [0, 0.05) is 55.5 Å². The zero-order chi connectivity index (χ0) is 28.5. The smallest absolute Gasteiger partial charge is 0.149 e. The molecule has 0 radical (unpaired) electrons. The summed E-state index contributed by atoms with van der Waals surface area (Å²) in [5.74, 6) is -0.137. The Morgan fingerprint density at radius 3 is 2.08 bits per heavy atom. The van der Waals surface area contributed by atoms with Gasteiger partial charge in [0.2, 0.25) is 0 Å². The van der Waals surface area contributed by atoms with E-state index in [4.69, 9.17) is 40.3 Å². The molecule has 0 aliphatic rings. The molecule has 14 N–H and O–H groups in total. The van der Waals surface area contributed by atoms with Crippen LogP contribution in [0, 0.1) is 0 Å². The van der Waals surface area contributed by atoms with Crippen LogP contribution in [0.4, 0.5) is 39.8 Å². The zero-order valence-electron chi connectivity index (χ0n) is 21.0. The SMILES string of the molecule is Nc1ccc(Nc2cc(N)c3cc(-c4cc(N)c5c(O)ccc(Cl)c5c4N)cc(N)c3c2O)c2c(O)cccc12. The van der Waals surface area contributed by atoms with Crippen molar-refractivity contribution in [3.05, 3.63) is 71.8 Å². The average molecular weight is 553 g/mol. The Balaban J connectivity index is 1.53. The maximum absolute atomic E-state index is 11.3. The van der Waals surface area contributed by atoms with Gasteiger partial charge in [0.25, 0.3) is 0 Å². The van der Waals surface area contributed by atoms with E-state index in [-0.39, 0.29) is 34.3 Å². The van der Waals surface area contributed by atoms with E-state index >= 15 is 0 Å². The van der Waals surface area contributed by atoms with Crippen LogP contribution in [0.1, 0.15) is 0 Å². The van der Waals surface area contributed by atoms with Gasteiger partial charge >= 0.3 is 0 Å². The van der Waals surface area contributed by atoms with Crippen molar-refractivity contribution in [2.24, 2.45) is 0 Å². The lowest BCUT2D eigenvalue weighted by atomic mass is 9.93. The molecule has 0 aliphatic heterocycles. The molecule has 0 aromatic heterocycles. The Bertz CT molecular complexity index is 2040. The summed E-state index contributed by atoms with van der Waals surface area (Å²) in [5, 5.41) is 38.4. The molecule has 6 rings (SSSR count). The van der Waals surface area contributed by atoms with Gasteiger partial charge in [-0.2, -0.15) is 0 Å². The monoisotopic (exact) mass is 552 g/mol. The summed E-state index contributed by atoms with van der Waals surface area (Å²) in [6.45, 7) is 0. The van der Waals surface area contributed by atoms with Crippen molar-refractivity contribution in [1.82, 2.24) is 0 Å². The molecule has 6 aromatic rings. The van der Waals surface area contributed by atoms with Crippen LogP contribution in [0.5, 0.6) is 17.2 Å². The normalized spacial score (nSPS) is 11.4. The minimum absolute atomic E-state index is 0.0328. The van der Waals surface area contributed by atoms with E-state index in [1.54, 1.807) is 60.7 Å². The van der Waals surface area contributed by atoms with E-state index in [0.717, 1.165) is 0 Å². The van der Waals surface area contributed by atoms with E-state index in [0.29, 0.717) is 71.2 Å². The molecule has 0 heterocycles. The Morgan fingerprint density at radius 1 is 0.575 bits per heavy atom. The van der Waals surface area contributed by atoms with E-state index in [9.17, 15) is 15.3 Å². The van der Waals surface area contributed by atoms with Gasteiger partial charge in [0.1, 0.15) is 17.2 Å². The van der Waals surface area contributed by atoms with Crippen molar-refractivity contribution >= 4 is 83.7 Å². The van der Waals surface area contributed by atoms with Crippen molar-refractivity contribution in [1.29, 1.82) is 0 Å². The summed E-state index contributed by atoms with van der Waals surface area (Å²) < 4.78 is 0. The van der Waals surface area contributed by atoms with E-state index < -0.39 is 0 Å².